The molecule has 1 aliphatic rings. The van der Waals surface area contributed by atoms with Crippen molar-refractivity contribution in [2.24, 2.45) is 5.92 Å². The maximum Gasteiger partial charge on any atom is 0.109 e. The van der Waals surface area contributed by atoms with Crippen LogP contribution in [0.3, 0.4) is 0 Å². The molecule has 0 radical (unpaired) electrons. The zero-order valence-corrected chi connectivity index (χ0v) is 12.6. The van der Waals surface area contributed by atoms with Crippen LogP contribution in [0.4, 0.5) is 0 Å². The van der Waals surface area contributed by atoms with Gasteiger partial charge < -0.3 is 10.2 Å². The first-order valence-electron chi connectivity index (χ1n) is 7.05. The minimum absolute atomic E-state index is 0.398. The average molecular weight is 267 g/mol. The lowest BCUT2D eigenvalue weighted by atomic mass is 9.97. The van der Waals surface area contributed by atoms with E-state index in [2.05, 4.69) is 36.1 Å². The summed E-state index contributed by atoms with van der Waals surface area (Å²) in [6.45, 7) is 8.05. The Bertz CT molecular complexity index is 356. The van der Waals surface area contributed by atoms with Crippen molar-refractivity contribution in [2.75, 3.05) is 26.7 Å². The smallest absolute Gasteiger partial charge is 0.109 e. The second-order valence-corrected chi connectivity index (χ2v) is 6.54. The fraction of sp³-hybridized carbons (Fsp3) is 0.786. The Labute approximate surface area is 115 Å². The molecule has 18 heavy (non-hydrogen) atoms. The molecular weight excluding hydrogens is 242 g/mol. The summed E-state index contributed by atoms with van der Waals surface area (Å²) < 4.78 is 0. The number of nitrogens with one attached hydrogen (secondary N) is 1. The van der Waals surface area contributed by atoms with E-state index in [4.69, 9.17) is 0 Å². The van der Waals surface area contributed by atoms with Gasteiger partial charge in [-0.2, -0.15) is 0 Å². The summed E-state index contributed by atoms with van der Waals surface area (Å²) in [5, 5.41) is 4.89. The number of aromatic nitrogens is 1. The first-order chi connectivity index (χ1) is 8.69. The van der Waals surface area contributed by atoms with Crippen molar-refractivity contribution in [2.45, 2.75) is 39.2 Å². The van der Waals surface area contributed by atoms with E-state index >= 15 is 0 Å². The van der Waals surface area contributed by atoms with Gasteiger partial charge in [0.1, 0.15) is 5.01 Å². The molecule has 1 unspecified atom stereocenters. The Hall–Kier alpha value is -0.450. The van der Waals surface area contributed by atoms with Crippen molar-refractivity contribution in [3.05, 3.63) is 16.1 Å². The third kappa shape index (κ3) is 3.77. The number of piperidine rings is 1. The monoisotopic (exact) mass is 267 g/mol. The largest absolute Gasteiger partial charge is 0.308 e. The van der Waals surface area contributed by atoms with Gasteiger partial charge in [-0.1, -0.05) is 6.92 Å². The zero-order valence-electron chi connectivity index (χ0n) is 11.8. The molecule has 1 fully saturated rings. The molecule has 0 spiro atoms. The van der Waals surface area contributed by atoms with Crippen LogP contribution in [0.1, 0.15) is 42.6 Å². The van der Waals surface area contributed by atoms with E-state index in [1.165, 1.54) is 35.8 Å². The number of likely N-dealkylation sites (tertiary alicyclic amines) is 1. The Morgan fingerprint density at radius 1 is 1.50 bits per heavy atom. The van der Waals surface area contributed by atoms with Gasteiger partial charge in [0, 0.05) is 11.1 Å². The van der Waals surface area contributed by atoms with E-state index < -0.39 is 0 Å². The third-order valence-electron chi connectivity index (χ3n) is 3.84. The van der Waals surface area contributed by atoms with Crippen LogP contribution in [0.15, 0.2) is 6.20 Å². The van der Waals surface area contributed by atoms with E-state index in [9.17, 15) is 0 Å². The van der Waals surface area contributed by atoms with Gasteiger partial charge in [0.05, 0.1) is 6.04 Å². The van der Waals surface area contributed by atoms with E-state index in [-0.39, 0.29) is 0 Å². The summed E-state index contributed by atoms with van der Waals surface area (Å²) in [5.74, 6) is 0.842. The quantitative estimate of drug-likeness (QED) is 0.889. The standard InChI is InChI=1S/C14H25N3S/c1-4-13-10-16-14(18-13)11(2)15-9-12-5-7-17(3)8-6-12/h10-12,15H,4-9H2,1-3H3. The molecule has 1 N–H and O–H groups in total. The van der Waals surface area contributed by atoms with Gasteiger partial charge in [-0.15, -0.1) is 11.3 Å². The zero-order chi connectivity index (χ0) is 13.0. The minimum Gasteiger partial charge on any atom is -0.308 e. The molecule has 1 atom stereocenters. The number of thiazole rings is 1. The predicted molar refractivity (Wildman–Crippen MR) is 78.1 cm³/mol. The molecule has 1 aromatic heterocycles. The maximum atomic E-state index is 4.51. The summed E-state index contributed by atoms with van der Waals surface area (Å²) in [6.07, 6.45) is 5.77. The third-order valence-corrected chi connectivity index (χ3v) is 5.17. The molecule has 102 valence electrons. The normalized spacial score (nSPS) is 20.2. The lowest BCUT2D eigenvalue weighted by Crippen LogP contribution is -2.35. The molecule has 1 saturated heterocycles. The molecule has 1 aromatic rings. The SMILES string of the molecule is CCc1cnc(C(C)NCC2CCN(C)CC2)s1. The highest BCUT2D eigenvalue weighted by atomic mass is 32.1. The van der Waals surface area contributed by atoms with Crippen molar-refractivity contribution in [1.82, 2.24) is 15.2 Å². The van der Waals surface area contributed by atoms with Crippen molar-refractivity contribution >= 4 is 11.3 Å². The molecule has 0 amide bonds. The lowest BCUT2D eigenvalue weighted by molar-refractivity contribution is 0.213. The summed E-state index contributed by atoms with van der Waals surface area (Å²) in [6, 6.07) is 0.398. The Morgan fingerprint density at radius 2 is 2.22 bits per heavy atom. The Morgan fingerprint density at radius 3 is 2.83 bits per heavy atom. The van der Waals surface area contributed by atoms with Crippen molar-refractivity contribution < 1.29 is 0 Å². The fourth-order valence-electron chi connectivity index (χ4n) is 2.38. The molecule has 0 bridgehead atoms. The Kier molecular flexibility index (Phi) is 5.15. The lowest BCUT2D eigenvalue weighted by Gasteiger charge is -2.29. The molecule has 1 aliphatic heterocycles. The Balaban J connectivity index is 1.75. The minimum atomic E-state index is 0.398. The van der Waals surface area contributed by atoms with E-state index in [1.54, 1.807) is 0 Å². The molecule has 2 heterocycles. The molecule has 0 saturated carbocycles. The second-order valence-electron chi connectivity index (χ2n) is 5.39. The predicted octanol–water partition coefficient (Wildman–Crippen LogP) is 2.70. The topological polar surface area (TPSA) is 28.2 Å². The molecular formula is C14H25N3S. The van der Waals surface area contributed by atoms with E-state index in [0.717, 1.165) is 18.9 Å². The van der Waals surface area contributed by atoms with Gasteiger partial charge in [-0.25, -0.2) is 4.98 Å². The molecule has 0 aromatic carbocycles. The number of hydrogen-bond donors (Lipinski definition) is 1. The highest BCUT2D eigenvalue weighted by Crippen LogP contribution is 2.21. The van der Waals surface area contributed by atoms with Crippen LogP contribution >= 0.6 is 11.3 Å². The second kappa shape index (κ2) is 6.64. The summed E-state index contributed by atoms with van der Waals surface area (Å²) in [4.78, 5) is 8.32. The summed E-state index contributed by atoms with van der Waals surface area (Å²) >= 11 is 1.85. The average Bonchev–Trinajstić information content (AvgIpc) is 2.86. The van der Waals surface area contributed by atoms with Gasteiger partial charge in [-0.05, 0) is 58.8 Å². The van der Waals surface area contributed by atoms with Gasteiger partial charge in [0.2, 0.25) is 0 Å². The molecule has 2 rings (SSSR count). The van der Waals surface area contributed by atoms with Crippen LogP contribution in [0.5, 0.6) is 0 Å². The van der Waals surface area contributed by atoms with Gasteiger partial charge in [0.15, 0.2) is 0 Å². The molecule has 3 nitrogen and oxygen atoms in total. The van der Waals surface area contributed by atoms with Crippen LogP contribution in [-0.4, -0.2) is 36.6 Å². The summed E-state index contributed by atoms with van der Waals surface area (Å²) in [5.41, 5.74) is 0. The fourth-order valence-corrected chi connectivity index (χ4v) is 3.27. The molecule has 0 aliphatic carbocycles. The van der Waals surface area contributed by atoms with Gasteiger partial charge in [-0.3, -0.25) is 0 Å². The van der Waals surface area contributed by atoms with E-state index in [1.807, 2.05) is 17.5 Å². The van der Waals surface area contributed by atoms with Crippen molar-refractivity contribution in [3.63, 3.8) is 0 Å². The number of rotatable bonds is 5. The number of aryl methyl sites for hydroxylation is 1. The number of nitrogens with zero attached hydrogens (tertiary/aromatic N) is 2. The van der Waals surface area contributed by atoms with Crippen molar-refractivity contribution in [3.8, 4) is 0 Å². The number of hydrogen-bond acceptors (Lipinski definition) is 4. The molecule has 4 heteroatoms. The van der Waals surface area contributed by atoms with Crippen molar-refractivity contribution in [1.29, 1.82) is 0 Å². The maximum absolute atomic E-state index is 4.51. The summed E-state index contributed by atoms with van der Waals surface area (Å²) in [7, 11) is 2.22. The van der Waals surface area contributed by atoms with Crippen LogP contribution < -0.4 is 5.32 Å². The first kappa shape index (κ1) is 14.0. The highest BCUT2D eigenvalue weighted by Gasteiger charge is 2.18. The van der Waals surface area contributed by atoms with Crippen LogP contribution in [0.2, 0.25) is 0 Å². The van der Waals surface area contributed by atoms with Crippen LogP contribution in [-0.2, 0) is 6.42 Å². The van der Waals surface area contributed by atoms with Crippen LogP contribution in [0, 0.1) is 5.92 Å². The highest BCUT2D eigenvalue weighted by molar-refractivity contribution is 7.11. The van der Waals surface area contributed by atoms with E-state index in [0.29, 0.717) is 6.04 Å². The van der Waals surface area contributed by atoms with Crippen LogP contribution in [0.25, 0.3) is 0 Å². The van der Waals surface area contributed by atoms with Gasteiger partial charge >= 0.3 is 0 Å². The first-order valence-corrected chi connectivity index (χ1v) is 7.87. The van der Waals surface area contributed by atoms with Gasteiger partial charge in [0.25, 0.3) is 0 Å².